The van der Waals surface area contributed by atoms with Crippen LogP contribution in [0.1, 0.15) is 27.9 Å². The molecule has 0 saturated carbocycles. The van der Waals surface area contributed by atoms with Crippen molar-refractivity contribution in [3.63, 3.8) is 0 Å². The molecule has 1 saturated heterocycles. The summed E-state index contributed by atoms with van der Waals surface area (Å²) in [5, 5.41) is 0. The lowest BCUT2D eigenvalue weighted by atomic mass is 9.86. The van der Waals surface area contributed by atoms with Crippen molar-refractivity contribution in [1.82, 2.24) is 0 Å². The van der Waals surface area contributed by atoms with Crippen molar-refractivity contribution in [3.8, 4) is 5.75 Å². The molecule has 26 heavy (non-hydrogen) atoms. The molecule has 2 aliphatic rings. The highest BCUT2D eigenvalue weighted by molar-refractivity contribution is 6.13. The van der Waals surface area contributed by atoms with Gasteiger partial charge < -0.3 is 14.4 Å². The molecule has 0 bridgehead atoms. The predicted octanol–water partition coefficient (Wildman–Crippen LogP) is 3.74. The van der Waals surface area contributed by atoms with Crippen LogP contribution in [-0.4, -0.2) is 39.2 Å². The largest absolute Gasteiger partial charge is 0.497 e. The number of benzene rings is 2. The van der Waals surface area contributed by atoms with Crippen molar-refractivity contribution in [2.24, 2.45) is 0 Å². The zero-order chi connectivity index (χ0) is 17.9. The van der Waals surface area contributed by atoms with Crippen LogP contribution in [0.25, 0.3) is 6.08 Å². The Bertz CT molecular complexity index is 833. The van der Waals surface area contributed by atoms with Crippen LogP contribution in [-0.2, 0) is 11.2 Å². The Morgan fingerprint density at radius 1 is 1.04 bits per heavy atom. The Balaban J connectivity index is 1.53. The van der Waals surface area contributed by atoms with Gasteiger partial charge in [-0.15, -0.1) is 0 Å². The molecule has 0 amide bonds. The monoisotopic (exact) mass is 349 g/mol. The van der Waals surface area contributed by atoms with Gasteiger partial charge in [-0.2, -0.15) is 0 Å². The van der Waals surface area contributed by atoms with Crippen molar-refractivity contribution in [3.05, 3.63) is 64.7 Å². The van der Waals surface area contributed by atoms with E-state index in [-0.39, 0.29) is 5.78 Å². The molecule has 0 aromatic heterocycles. The maximum atomic E-state index is 12.8. The number of hydrogen-bond donors (Lipinski definition) is 0. The topological polar surface area (TPSA) is 38.8 Å². The number of aryl methyl sites for hydroxylation is 1. The lowest BCUT2D eigenvalue weighted by Gasteiger charge is -2.28. The molecule has 1 heterocycles. The Kier molecular flexibility index (Phi) is 4.76. The number of morpholine rings is 1. The average molecular weight is 349 g/mol. The Labute approximate surface area is 154 Å². The SMILES string of the molecule is COc1ccc2c(c1)CC/C(=C\c1ccc(N3CCOCC3)cc1)C2=O. The second kappa shape index (κ2) is 7.34. The molecular formula is C22H23NO3. The van der Waals surface area contributed by atoms with E-state index < -0.39 is 0 Å². The Morgan fingerprint density at radius 2 is 1.81 bits per heavy atom. The molecule has 0 atom stereocenters. The van der Waals surface area contributed by atoms with E-state index in [0.717, 1.165) is 67.2 Å². The second-order valence-corrected chi connectivity index (χ2v) is 6.71. The van der Waals surface area contributed by atoms with Crippen molar-refractivity contribution in [2.45, 2.75) is 12.8 Å². The predicted molar refractivity (Wildman–Crippen MR) is 103 cm³/mol. The molecule has 2 aromatic carbocycles. The summed E-state index contributed by atoms with van der Waals surface area (Å²) in [5.41, 5.74) is 5.04. The molecule has 1 aliphatic carbocycles. The first kappa shape index (κ1) is 16.9. The molecule has 0 radical (unpaired) electrons. The van der Waals surface area contributed by atoms with Gasteiger partial charge in [-0.05, 0) is 60.4 Å². The smallest absolute Gasteiger partial charge is 0.189 e. The number of carbonyl (C=O) groups is 1. The number of Topliss-reactive ketones (excluding diaryl/α,β-unsaturated/α-hetero) is 1. The number of carbonyl (C=O) groups excluding carboxylic acids is 1. The molecule has 1 fully saturated rings. The summed E-state index contributed by atoms with van der Waals surface area (Å²) < 4.78 is 10.7. The minimum absolute atomic E-state index is 0.131. The first-order valence-electron chi connectivity index (χ1n) is 9.09. The molecule has 0 unspecified atom stereocenters. The first-order valence-corrected chi connectivity index (χ1v) is 9.09. The van der Waals surface area contributed by atoms with E-state index in [1.165, 1.54) is 5.69 Å². The Morgan fingerprint density at radius 3 is 2.54 bits per heavy atom. The zero-order valence-electron chi connectivity index (χ0n) is 15.0. The van der Waals surface area contributed by atoms with E-state index in [4.69, 9.17) is 9.47 Å². The maximum absolute atomic E-state index is 12.8. The third-order valence-electron chi connectivity index (χ3n) is 5.12. The van der Waals surface area contributed by atoms with Gasteiger partial charge in [-0.1, -0.05) is 12.1 Å². The van der Waals surface area contributed by atoms with Crippen LogP contribution in [0.15, 0.2) is 48.0 Å². The number of hydrogen-bond acceptors (Lipinski definition) is 4. The summed E-state index contributed by atoms with van der Waals surface area (Å²) in [7, 11) is 1.65. The van der Waals surface area contributed by atoms with Crippen LogP contribution in [0, 0.1) is 0 Å². The summed E-state index contributed by atoms with van der Waals surface area (Å²) in [6.07, 6.45) is 3.67. The van der Waals surface area contributed by atoms with Crippen molar-refractivity contribution < 1.29 is 14.3 Å². The van der Waals surface area contributed by atoms with E-state index in [1.807, 2.05) is 24.3 Å². The number of ketones is 1. The van der Waals surface area contributed by atoms with Crippen LogP contribution in [0.3, 0.4) is 0 Å². The minimum atomic E-state index is 0.131. The summed E-state index contributed by atoms with van der Waals surface area (Å²) >= 11 is 0. The standard InChI is InChI=1S/C22H23NO3/c1-25-20-8-9-21-17(15-20)4-5-18(22(21)24)14-16-2-6-19(7-3-16)23-10-12-26-13-11-23/h2-3,6-9,14-15H,4-5,10-13H2,1H3/b18-14+. The summed E-state index contributed by atoms with van der Waals surface area (Å²) in [4.78, 5) is 15.1. The lowest BCUT2D eigenvalue weighted by molar-refractivity contribution is 0.102. The maximum Gasteiger partial charge on any atom is 0.189 e. The summed E-state index contributed by atoms with van der Waals surface area (Å²) in [6, 6.07) is 14.2. The third-order valence-corrected chi connectivity index (χ3v) is 5.12. The quantitative estimate of drug-likeness (QED) is 0.791. The number of methoxy groups -OCH3 is 1. The van der Waals surface area contributed by atoms with Gasteiger partial charge in [0.15, 0.2) is 5.78 Å². The molecule has 0 N–H and O–H groups in total. The molecule has 1 aliphatic heterocycles. The van der Waals surface area contributed by atoms with Crippen LogP contribution in [0.5, 0.6) is 5.75 Å². The number of rotatable bonds is 3. The minimum Gasteiger partial charge on any atom is -0.497 e. The average Bonchev–Trinajstić information content (AvgIpc) is 2.71. The lowest BCUT2D eigenvalue weighted by Crippen LogP contribution is -2.36. The highest BCUT2D eigenvalue weighted by atomic mass is 16.5. The number of fused-ring (bicyclic) bond motifs is 1. The van der Waals surface area contributed by atoms with Gasteiger partial charge in [0.25, 0.3) is 0 Å². The van der Waals surface area contributed by atoms with Gasteiger partial charge in [0.2, 0.25) is 0 Å². The third kappa shape index (κ3) is 3.37. The zero-order valence-corrected chi connectivity index (χ0v) is 15.0. The highest BCUT2D eigenvalue weighted by Gasteiger charge is 2.22. The summed E-state index contributed by atoms with van der Waals surface area (Å²) in [6.45, 7) is 3.42. The molecule has 0 spiro atoms. The molecule has 4 nitrogen and oxygen atoms in total. The molecule has 134 valence electrons. The van der Waals surface area contributed by atoms with E-state index in [0.29, 0.717) is 0 Å². The number of anilines is 1. The van der Waals surface area contributed by atoms with Crippen LogP contribution >= 0.6 is 0 Å². The number of allylic oxidation sites excluding steroid dienone is 1. The van der Waals surface area contributed by atoms with Crippen molar-refractivity contribution in [1.29, 1.82) is 0 Å². The molecule has 2 aromatic rings. The van der Waals surface area contributed by atoms with Gasteiger partial charge in [-0.3, -0.25) is 4.79 Å². The number of ether oxygens (including phenoxy) is 2. The van der Waals surface area contributed by atoms with E-state index in [1.54, 1.807) is 7.11 Å². The van der Waals surface area contributed by atoms with E-state index in [2.05, 4.69) is 29.2 Å². The first-order chi connectivity index (χ1) is 12.7. The van der Waals surface area contributed by atoms with Gasteiger partial charge in [-0.25, -0.2) is 0 Å². The van der Waals surface area contributed by atoms with Gasteiger partial charge in [0.1, 0.15) is 5.75 Å². The molecule has 4 rings (SSSR count). The molecular weight excluding hydrogens is 326 g/mol. The van der Waals surface area contributed by atoms with Gasteiger partial charge >= 0.3 is 0 Å². The van der Waals surface area contributed by atoms with Gasteiger partial charge in [0, 0.05) is 29.9 Å². The van der Waals surface area contributed by atoms with Gasteiger partial charge in [0.05, 0.1) is 20.3 Å². The molecule has 4 heteroatoms. The van der Waals surface area contributed by atoms with Crippen LogP contribution in [0.2, 0.25) is 0 Å². The van der Waals surface area contributed by atoms with E-state index in [9.17, 15) is 4.79 Å². The fraction of sp³-hybridized carbons (Fsp3) is 0.318. The highest BCUT2D eigenvalue weighted by Crippen LogP contribution is 2.29. The normalized spacial score (nSPS) is 18.7. The van der Waals surface area contributed by atoms with Crippen LogP contribution in [0.4, 0.5) is 5.69 Å². The van der Waals surface area contributed by atoms with E-state index >= 15 is 0 Å². The number of nitrogens with zero attached hydrogens (tertiary/aromatic N) is 1. The van der Waals surface area contributed by atoms with Crippen molar-refractivity contribution >= 4 is 17.5 Å². The fourth-order valence-corrected chi connectivity index (χ4v) is 3.62. The second-order valence-electron chi connectivity index (χ2n) is 6.71. The summed E-state index contributed by atoms with van der Waals surface area (Å²) in [5.74, 6) is 0.939. The Hall–Kier alpha value is -2.59. The fourth-order valence-electron chi connectivity index (χ4n) is 3.62. The van der Waals surface area contributed by atoms with Crippen molar-refractivity contribution in [2.75, 3.05) is 38.3 Å². The van der Waals surface area contributed by atoms with Crippen LogP contribution < -0.4 is 9.64 Å².